The van der Waals surface area contributed by atoms with Crippen molar-refractivity contribution >= 4 is 34.3 Å². The number of benzene rings is 2. The van der Waals surface area contributed by atoms with Crippen molar-refractivity contribution in [3.05, 3.63) is 82.2 Å². The number of carbonyl (C=O) groups is 2. The first-order chi connectivity index (χ1) is 14.4. The zero-order valence-corrected chi connectivity index (χ0v) is 18.4. The molecule has 0 radical (unpaired) electrons. The van der Waals surface area contributed by atoms with E-state index in [1.165, 1.54) is 30.1 Å². The third-order valence-electron chi connectivity index (χ3n) is 4.80. The molecular weight excluding hydrogens is 394 g/mol. The summed E-state index contributed by atoms with van der Waals surface area (Å²) in [5, 5.41) is 3.34. The summed E-state index contributed by atoms with van der Waals surface area (Å²) in [5.74, 6) is -0.306. The van der Waals surface area contributed by atoms with Gasteiger partial charge in [0.2, 0.25) is 5.91 Å². The maximum Gasteiger partial charge on any atom is 0.341 e. The lowest BCUT2D eigenvalue weighted by Gasteiger charge is -2.07. The predicted molar refractivity (Wildman–Crippen MR) is 124 cm³/mol. The van der Waals surface area contributed by atoms with Crippen molar-refractivity contribution in [1.82, 2.24) is 0 Å². The Kier molecular flexibility index (Phi) is 6.85. The first kappa shape index (κ1) is 21.5. The topological polar surface area (TPSA) is 55.4 Å². The summed E-state index contributed by atoms with van der Waals surface area (Å²) in [6.07, 6.45) is 3.23. The minimum absolute atomic E-state index is 0.297. The van der Waals surface area contributed by atoms with E-state index < -0.39 is 5.97 Å². The fourth-order valence-corrected chi connectivity index (χ4v) is 4.27. The van der Waals surface area contributed by atoms with Gasteiger partial charge in [-0.15, -0.1) is 11.3 Å². The number of anilines is 1. The van der Waals surface area contributed by atoms with E-state index in [4.69, 9.17) is 4.74 Å². The highest BCUT2D eigenvalue weighted by Gasteiger charge is 2.24. The molecule has 1 N–H and O–H groups in total. The molecule has 30 heavy (non-hydrogen) atoms. The summed E-state index contributed by atoms with van der Waals surface area (Å²) in [7, 11) is 1.34. The van der Waals surface area contributed by atoms with Gasteiger partial charge in [0.1, 0.15) is 10.6 Å². The molecule has 1 heterocycles. The number of ether oxygens (including phenoxy) is 1. The van der Waals surface area contributed by atoms with Crippen LogP contribution in [0.1, 0.15) is 46.1 Å². The molecule has 3 aromatic rings. The third-order valence-corrected chi connectivity index (χ3v) is 5.82. The quantitative estimate of drug-likeness (QED) is 0.378. The first-order valence-electron chi connectivity index (χ1n) is 9.76. The van der Waals surface area contributed by atoms with Crippen LogP contribution >= 0.6 is 11.3 Å². The van der Waals surface area contributed by atoms with E-state index in [-0.39, 0.29) is 5.91 Å². The standard InChI is InChI=1S/C25H25NO3S/c1-16(2)19-13-10-18(11-14-19)12-15-21(27)26-24-23(25(28)29-4)22(17(3)30-24)20-8-6-5-7-9-20/h5-16H,1-4H3,(H,26,27). The molecule has 0 saturated carbocycles. The van der Waals surface area contributed by atoms with Crippen LogP contribution in [0.15, 0.2) is 60.7 Å². The van der Waals surface area contributed by atoms with Crippen LogP contribution < -0.4 is 5.32 Å². The minimum atomic E-state index is -0.471. The van der Waals surface area contributed by atoms with Gasteiger partial charge >= 0.3 is 5.97 Å². The molecule has 0 aliphatic heterocycles. The molecule has 0 aliphatic rings. The van der Waals surface area contributed by atoms with E-state index >= 15 is 0 Å². The molecule has 0 atom stereocenters. The predicted octanol–water partition coefficient (Wildman–Crippen LogP) is 6.29. The van der Waals surface area contributed by atoms with Crippen molar-refractivity contribution < 1.29 is 14.3 Å². The van der Waals surface area contributed by atoms with E-state index in [1.807, 2.05) is 49.4 Å². The van der Waals surface area contributed by atoms with Crippen LogP contribution in [-0.2, 0) is 9.53 Å². The van der Waals surface area contributed by atoms with Crippen molar-refractivity contribution in [3.8, 4) is 11.1 Å². The molecule has 1 amide bonds. The molecule has 0 spiro atoms. The largest absolute Gasteiger partial charge is 0.465 e. The van der Waals surface area contributed by atoms with E-state index in [1.54, 1.807) is 6.08 Å². The Morgan fingerprint density at radius 3 is 2.30 bits per heavy atom. The fraction of sp³-hybridized carbons (Fsp3) is 0.200. The molecule has 1 aromatic heterocycles. The van der Waals surface area contributed by atoms with Crippen molar-refractivity contribution in [1.29, 1.82) is 0 Å². The summed E-state index contributed by atoms with van der Waals surface area (Å²) in [6.45, 7) is 6.22. The van der Waals surface area contributed by atoms with Crippen molar-refractivity contribution in [2.75, 3.05) is 12.4 Å². The molecule has 3 rings (SSSR count). The average molecular weight is 420 g/mol. The Labute approximate surface area is 181 Å². The Morgan fingerprint density at radius 1 is 1.03 bits per heavy atom. The molecule has 4 nitrogen and oxygen atoms in total. The van der Waals surface area contributed by atoms with Crippen molar-refractivity contribution in [3.63, 3.8) is 0 Å². The second kappa shape index (κ2) is 9.55. The molecular formula is C25H25NO3S. The Hall–Kier alpha value is -3.18. The van der Waals surface area contributed by atoms with Gasteiger partial charge < -0.3 is 10.1 Å². The number of aryl methyl sites for hydroxylation is 1. The molecule has 0 bridgehead atoms. The fourth-order valence-electron chi connectivity index (χ4n) is 3.20. The monoisotopic (exact) mass is 419 g/mol. The number of thiophene rings is 1. The van der Waals surface area contributed by atoms with Crippen LogP contribution in [-0.4, -0.2) is 19.0 Å². The Balaban J connectivity index is 1.85. The van der Waals surface area contributed by atoms with Crippen LogP contribution in [0.25, 0.3) is 17.2 Å². The summed E-state index contributed by atoms with van der Waals surface area (Å²) < 4.78 is 4.99. The molecule has 2 aromatic carbocycles. The van der Waals surface area contributed by atoms with Crippen LogP contribution in [0.4, 0.5) is 5.00 Å². The highest BCUT2D eigenvalue weighted by Crippen LogP contribution is 2.40. The van der Waals surface area contributed by atoms with Gasteiger partial charge in [-0.3, -0.25) is 4.79 Å². The van der Waals surface area contributed by atoms with Crippen LogP contribution in [0.2, 0.25) is 0 Å². The number of methoxy groups -OCH3 is 1. The molecule has 0 fully saturated rings. The minimum Gasteiger partial charge on any atom is -0.465 e. The molecule has 0 aliphatic carbocycles. The SMILES string of the molecule is COC(=O)c1c(NC(=O)C=Cc2ccc(C(C)C)cc2)sc(C)c1-c1ccccc1. The zero-order valence-electron chi connectivity index (χ0n) is 17.6. The lowest BCUT2D eigenvalue weighted by atomic mass is 10.0. The third kappa shape index (κ3) is 4.86. The molecule has 5 heteroatoms. The van der Waals surface area contributed by atoms with Gasteiger partial charge in [0.25, 0.3) is 0 Å². The van der Waals surface area contributed by atoms with Crippen LogP contribution in [0.3, 0.4) is 0 Å². The van der Waals surface area contributed by atoms with Gasteiger partial charge in [-0.05, 0) is 35.6 Å². The maximum atomic E-state index is 12.5. The van der Waals surface area contributed by atoms with Crippen molar-refractivity contribution in [2.24, 2.45) is 0 Å². The van der Waals surface area contributed by atoms with Crippen molar-refractivity contribution in [2.45, 2.75) is 26.7 Å². The Bertz CT molecular complexity index is 1060. The second-order valence-corrected chi connectivity index (χ2v) is 8.46. The highest BCUT2D eigenvalue weighted by molar-refractivity contribution is 7.17. The van der Waals surface area contributed by atoms with E-state index in [2.05, 4.69) is 31.3 Å². The van der Waals surface area contributed by atoms with Gasteiger partial charge in [0.15, 0.2) is 0 Å². The lowest BCUT2D eigenvalue weighted by Crippen LogP contribution is -2.11. The summed E-state index contributed by atoms with van der Waals surface area (Å²) in [4.78, 5) is 26.0. The normalized spacial score (nSPS) is 11.1. The number of carbonyl (C=O) groups excluding carboxylic acids is 2. The number of hydrogen-bond acceptors (Lipinski definition) is 4. The number of hydrogen-bond donors (Lipinski definition) is 1. The van der Waals surface area contributed by atoms with Gasteiger partial charge in [0, 0.05) is 16.5 Å². The van der Waals surface area contributed by atoms with E-state index in [9.17, 15) is 9.59 Å². The Morgan fingerprint density at radius 2 is 1.70 bits per heavy atom. The zero-order chi connectivity index (χ0) is 21.7. The van der Waals surface area contributed by atoms with Gasteiger partial charge in [-0.1, -0.05) is 68.4 Å². The number of esters is 1. The number of amides is 1. The van der Waals surface area contributed by atoms with Gasteiger partial charge in [-0.25, -0.2) is 4.79 Å². The summed E-state index contributed by atoms with van der Waals surface area (Å²) in [6, 6.07) is 17.7. The summed E-state index contributed by atoms with van der Waals surface area (Å²) >= 11 is 1.37. The molecule has 0 unspecified atom stereocenters. The number of rotatable bonds is 6. The van der Waals surface area contributed by atoms with Gasteiger partial charge in [-0.2, -0.15) is 0 Å². The van der Waals surface area contributed by atoms with E-state index in [0.717, 1.165) is 21.6 Å². The smallest absolute Gasteiger partial charge is 0.341 e. The highest BCUT2D eigenvalue weighted by atomic mass is 32.1. The second-order valence-electron chi connectivity index (χ2n) is 7.24. The van der Waals surface area contributed by atoms with Crippen LogP contribution in [0.5, 0.6) is 0 Å². The molecule has 0 saturated heterocycles. The lowest BCUT2D eigenvalue weighted by molar-refractivity contribution is -0.111. The molecule has 154 valence electrons. The van der Waals surface area contributed by atoms with Gasteiger partial charge in [0.05, 0.1) is 7.11 Å². The average Bonchev–Trinajstić information content (AvgIpc) is 3.08. The van der Waals surface area contributed by atoms with E-state index in [0.29, 0.717) is 16.5 Å². The van der Waals surface area contributed by atoms with Crippen LogP contribution in [0, 0.1) is 6.92 Å². The summed E-state index contributed by atoms with van der Waals surface area (Å²) in [5.41, 5.74) is 4.27. The number of nitrogens with one attached hydrogen (secondary N) is 1. The first-order valence-corrected chi connectivity index (χ1v) is 10.6. The maximum absolute atomic E-state index is 12.5.